The molecule has 5 nitrogen and oxygen atoms in total. The van der Waals surface area contributed by atoms with Gasteiger partial charge in [0.25, 0.3) is 0 Å². The Morgan fingerprint density at radius 3 is 2.12 bits per heavy atom. The smallest absolute Gasteiger partial charge is 0.303 e. The van der Waals surface area contributed by atoms with Crippen LogP contribution in [0.4, 0.5) is 0 Å². The molecule has 0 aliphatic heterocycles. The average molecular weight is 375 g/mol. The minimum absolute atomic E-state index is 0.157. The van der Waals surface area contributed by atoms with Crippen LogP contribution in [0, 0.1) is 0 Å². The van der Waals surface area contributed by atoms with Crippen molar-refractivity contribution in [1.82, 2.24) is 4.72 Å². The van der Waals surface area contributed by atoms with Crippen LogP contribution in [0.2, 0.25) is 0 Å². The van der Waals surface area contributed by atoms with Crippen molar-refractivity contribution < 1.29 is 18.3 Å². The molecule has 0 saturated heterocycles. The van der Waals surface area contributed by atoms with Gasteiger partial charge in [-0.3, -0.25) is 4.79 Å². The Balaban J connectivity index is 2.33. The van der Waals surface area contributed by atoms with Crippen LogP contribution in [0.25, 0.3) is 0 Å². The number of aliphatic carboxylic acids is 1. The largest absolute Gasteiger partial charge is 0.481 e. The second kappa shape index (κ2) is 8.47. The normalized spacial score (nSPS) is 13.9. The SMILES string of the molecule is CNS(=O)(=O)c1ccc(C(C)(CCCCC(=O)O)c2ccccc2)cc1. The van der Waals surface area contributed by atoms with Crippen molar-refractivity contribution in [1.29, 1.82) is 0 Å². The molecular formula is C20H25NO4S. The van der Waals surface area contributed by atoms with Gasteiger partial charge in [0, 0.05) is 11.8 Å². The maximum atomic E-state index is 11.9. The maximum Gasteiger partial charge on any atom is 0.303 e. The Bertz CT molecular complexity index is 832. The molecule has 0 heterocycles. The predicted octanol–water partition coefficient (Wildman–Crippen LogP) is 3.55. The van der Waals surface area contributed by atoms with Crippen molar-refractivity contribution in [3.05, 3.63) is 65.7 Å². The van der Waals surface area contributed by atoms with Gasteiger partial charge in [-0.2, -0.15) is 0 Å². The zero-order chi connectivity index (χ0) is 19.2. The number of unbranched alkanes of at least 4 members (excludes halogenated alkanes) is 1. The molecule has 1 atom stereocenters. The van der Waals surface area contributed by atoms with Crippen LogP contribution in [0.1, 0.15) is 43.7 Å². The number of hydrogen-bond acceptors (Lipinski definition) is 3. The molecule has 2 aromatic carbocycles. The summed E-state index contributed by atoms with van der Waals surface area (Å²) in [5.74, 6) is -0.784. The van der Waals surface area contributed by atoms with Gasteiger partial charge >= 0.3 is 5.97 Å². The lowest BCUT2D eigenvalue weighted by Gasteiger charge is -2.31. The van der Waals surface area contributed by atoms with Crippen molar-refractivity contribution in [2.75, 3.05) is 7.05 Å². The van der Waals surface area contributed by atoms with E-state index in [-0.39, 0.29) is 16.7 Å². The highest BCUT2D eigenvalue weighted by Gasteiger charge is 2.28. The summed E-state index contributed by atoms with van der Waals surface area (Å²) in [6.07, 6.45) is 2.32. The minimum atomic E-state index is -3.47. The lowest BCUT2D eigenvalue weighted by molar-refractivity contribution is -0.137. The van der Waals surface area contributed by atoms with Gasteiger partial charge in [0.05, 0.1) is 4.90 Å². The van der Waals surface area contributed by atoms with E-state index in [1.165, 1.54) is 7.05 Å². The van der Waals surface area contributed by atoms with E-state index in [1.807, 2.05) is 30.3 Å². The lowest BCUT2D eigenvalue weighted by atomic mass is 9.73. The number of hydrogen-bond donors (Lipinski definition) is 2. The zero-order valence-corrected chi connectivity index (χ0v) is 15.9. The molecule has 0 aliphatic rings. The van der Waals surface area contributed by atoms with E-state index in [2.05, 4.69) is 23.8 Å². The fourth-order valence-electron chi connectivity index (χ4n) is 3.14. The summed E-state index contributed by atoms with van der Waals surface area (Å²) in [6.45, 7) is 2.12. The monoisotopic (exact) mass is 375 g/mol. The number of rotatable bonds is 9. The topological polar surface area (TPSA) is 83.5 Å². The third-order valence-electron chi connectivity index (χ3n) is 4.80. The summed E-state index contributed by atoms with van der Waals surface area (Å²) in [5, 5.41) is 8.84. The zero-order valence-electron chi connectivity index (χ0n) is 15.1. The van der Waals surface area contributed by atoms with Gasteiger partial charge in [-0.1, -0.05) is 55.8 Å². The summed E-state index contributed by atoms with van der Waals surface area (Å²) in [6, 6.07) is 16.9. The van der Waals surface area contributed by atoms with Crippen LogP contribution in [-0.4, -0.2) is 26.5 Å². The standard InChI is InChI=1S/C20H25NO4S/c1-20(15-7-6-10-19(22)23,16-8-4-3-5-9-16)17-11-13-18(14-12-17)26(24,25)21-2/h3-5,8-9,11-14,21H,6-7,10,15H2,1-2H3,(H,22,23). The molecule has 2 aromatic rings. The van der Waals surface area contributed by atoms with Crippen LogP contribution in [0.15, 0.2) is 59.5 Å². The van der Waals surface area contributed by atoms with Crippen molar-refractivity contribution in [3.8, 4) is 0 Å². The van der Waals surface area contributed by atoms with E-state index in [1.54, 1.807) is 12.1 Å². The molecule has 6 heteroatoms. The molecule has 0 spiro atoms. The Kier molecular flexibility index (Phi) is 6.56. The molecule has 2 N–H and O–H groups in total. The Morgan fingerprint density at radius 2 is 1.58 bits per heavy atom. The van der Waals surface area contributed by atoms with Crippen molar-refractivity contribution in [3.63, 3.8) is 0 Å². The predicted molar refractivity (Wildman–Crippen MR) is 102 cm³/mol. The van der Waals surface area contributed by atoms with Crippen molar-refractivity contribution >= 4 is 16.0 Å². The van der Waals surface area contributed by atoms with Gasteiger partial charge in [0.2, 0.25) is 10.0 Å². The molecule has 26 heavy (non-hydrogen) atoms. The summed E-state index contributed by atoms with van der Waals surface area (Å²) in [5.41, 5.74) is 1.82. The number of sulfonamides is 1. The fraction of sp³-hybridized carbons (Fsp3) is 0.350. The number of carbonyl (C=O) groups is 1. The summed E-state index contributed by atoms with van der Waals surface area (Å²) in [7, 11) is -2.08. The van der Waals surface area contributed by atoms with E-state index >= 15 is 0 Å². The Labute approximate surface area is 155 Å². The van der Waals surface area contributed by atoms with Gasteiger partial charge in [-0.25, -0.2) is 13.1 Å². The molecule has 0 radical (unpaired) electrons. The van der Waals surface area contributed by atoms with E-state index in [0.717, 1.165) is 24.0 Å². The van der Waals surface area contributed by atoms with E-state index in [9.17, 15) is 13.2 Å². The molecule has 0 fully saturated rings. The van der Waals surface area contributed by atoms with Gasteiger partial charge in [0.1, 0.15) is 0 Å². The van der Waals surface area contributed by atoms with Crippen LogP contribution in [0.3, 0.4) is 0 Å². The van der Waals surface area contributed by atoms with Crippen LogP contribution < -0.4 is 4.72 Å². The third kappa shape index (κ3) is 4.71. The lowest BCUT2D eigenvalue weighted by Crippen LogP contribution is -2.24. The molecule has 0 aromatic heterocycles. The highest BCUT2D eigenvalue weighted by Crippen LogP contribution is 2.37. The van der Waals surface area contributed by atoms with E-state index in [4.69, 9.17) is 5.11 Å². The molecule has 0 aliphatic carbocycles. The first kappa shape index (κ1) is 20.1. The Morgan fingerprint density at radius 1 is 1.00 bits per heavy atom. The maximum absolute atomic E-state index is 11.9. The van der Waals surface area contributed by atoms with Crippen molar-refractivity contribution in [2.24, 2.45) is 0 Å². The van der Waals surface area contributed by atoms with Crippen LogP contribution >= 0.6 is 0 Å². The van der Waals surface area contributed by atoms with Gasteiger partial charge in [-0.05, 0) is 43.1 Å². The molecule has 0 amide bonds. The first-order valence-electron chi connectivity index (χ1n) is 8.61. The number of benzene rings is 2. The van der Waals surface area contributed by atoms with Crippen LogP contribution in [0.5, 0.6) is 0 Å². The van der Waals surface area contributed by atoms with E-state index < -0.39 is 16.0 Å². The summed E-state index contributed by atoms with van der Waals surface area (Å²) < 4.78 is 26.2. The second-order valence-corrected chi connectivity index (χ2v) is 8.42. The van der Waals surface area contributed by atoms with Crippen LogP contribution in [-0.2, 0) is 20.2 Å². The van der Waals surface area contributed by atoms with Gasteiger partial charge in [-0.15, -0.1) is 0 Å². The third-order valence-corrected chi connectivity index (χ3v) is 6.23. The summed E-state index contributed by atoms with van der Waals surface area (Å²) in [4.78, 5) is 11.0. The second-order valence-electron chi connectivity index (χ2n) is 6.53. The molecule has 0 bridgehead atoms. The molecule has 2 rings (SSSR count). The first-order chi connectivity index (χ1) is 12.3. The number of carboxylic acids is 1. The quantitative estimate of drug-likeness (QED) is 0.657. The fourth-order valence-corrected chi connectivity index (χ4v) is 3.87. The highest BCUT2D eigenvalue weighted by atomic mass is 32.2. The first-order valence-corrected chi connectivity index (χ1v) is 10.1. The minimum Gasteiger partial charge on any atom is -0.481 e. The molecule has 0 saturated carbocycles. The number of carboxylic acid groups (broad SMARTS) is 1. The molecule has 140 valence electrons. The highest BCUT2D eigenvalue weighted by molar-refractivity contribution is 7.89. The van der Waals surface area contributed by atoms with Gasteiger partial charge < -0.3 is 5.11 Å². The van der Waals surface area contributed by atoms with E-state index in [0.29, 0.717) is 6.42 Å². The number of nitrogens with one attached hydrogen (secondary N) is 1. The van der Waals surface area contributed by atoms with Crippen molar-refractivity contribution in [2.45, 2.75) is 42.9 Å². The average Bonchev–Trinajstić information content (AvgIpc) is 2.65. The Hall–Kier alpha value is -2.18. The summed E-state index contributed by atoms with van der Waals surface area (Å²) >= 11 is 0. The molecular weight excluding hydrogens is 350 g/mol. The van der Waals surface area contributed by atoms with Gasteiger partial charge in [0.15, 0.2) is 0 Å². The molecule has 1 unspecified atom stereocenters.